The summed E-state index contributed by atoms with van der Waals surface area (Å²) in [6.45, 7) is 6.28. The SMILES string of the molecule is CCCCCNc1cc(C(=O)O)cc(S(=O)N2CCCC2)c1Oc1ccc(C)cc1. The van der Waals surface area contributed by atoms with Gasteiger partial charge in [-0.3, -0.25) is 0 Å². The van der Waals surface area contributed by atoms with Crippen LogP contribution in [0.2, 0.25) is 0 Å². The van der Waals surface area contributed by atoms with Crippen LogP contribution in [0.1, 0.15) is 54.9 Å². The van der Waals surface area contributed by atoms with Crippen molar-refractivity contribution >= 4 is 22.6 Å². The largest absolute Gasteiger partial charge is 0.478 e. The molecule has 1 saturated heterocycles. The second kappa shape index (κ2) is 10.6. The highest BCUT2D eigenvalue weighted by Crippen LogP contribution is 2.38. The summed E-state index contributed by atoms with van der Waals surface area (Å²) in [4.78, 5) is 12.1. The molecule has 0 spiro atoms. The van der Waals surface area contributed by atoms with E-state index >= 15 is 0 Å². The van der Waals surface area contributed by atoms with E-state index < -0.39 is 17.0 Å². The summed E-state index contributed by atoms with van der Waals surface area (Å²) in [5.41, 5.74) is 1.78. The van der Waals surface area contributed by atoms with Gasteiger partial charge in [0.1, 0.15) is 21.6 Å². The molecule has 2 aromatic carbocycles. The average molecular weight is 431 g/mol. The minimum Gasteiger partial charge on any atom is -0.478 e. The first-order valence-electron chi connectivity index (χ1n) is 10.6. The first-order chi connectivity index (χ1) is 14.5. The van der Waals surface area contributed by atoms with Crippen molar-refractivity contribution in [3.05, 3.63) is 47.5 Å². The molecule has 0 bridgehead atoms. The highest BCUT2D eigenvalue weighted by molar-refractivity contribution is 7.82. The molecule has 162 valence electrons. The molecule has 0 aromatic heterocycles. The van der Waals surface area contributed by atoms with Crippen molar-refractivity contribution in [2.75, 3.05) is 25.0 Å². The van der Waals surface area contributed by atoms with E-state index in [1.807, 2.05) is 35.5 Å². The molecule has 1 aliphatic rings. The zero-order chi connectivity index (χ0) is 21.5. The highest BCUT2D eigenvalue weighted by atomic mass is 32.2. The molecule has 0 saturated carbocycles. The van der Waals surface area contributed by atoms with E-state index in [2.05, 4.69) is 12.2 Å². The van der Waals surface area contributed by atoms with Gasteiger partial charge in [0.25, 0.3) is 0 Å². The zero-order valence-electron chi connectivity index (χ0n) is 17.6. The second-order valence-corrected chi connectivity index (χ2v) is 9.05. The molecular formula is C23H30N2O4S. The van der Waals surface area contributed by atoms with E-state index in [4.69, 9.17) is 4.74 Å². The van der Waals surface area contributed by atoms with Crippen LogP contribution in [-0.4, -0.2) is 39.2 Å². The number of nitrogens with zero attached hydrogens (tertiary/aromatic N) is 1. The number of anilines is 1. The average Bonchev–Trinajstić information content (AvgIpc) is 3.27. The summed E-state index contributed by atoms with van der Waals surface area (Å²) in [6, 6.07) is 10.7. The van der Waals surface area contributed by atoms with Crippen molar-refractivity contribution in [2.45, 2.75) is 50.8 Å². The number of unbranched alkanes of at least 4 members (excludes halogenated alkanes) is 2. The summed E-state index contributed by atoms with van der Waals surface area (Å²) in [5.74, 6) is 0.0127. The van der Waals surface area contributed by atoms with Crippen molar-refractivity contribution in [1.82, 2.24) is 4.31 Å². The van der Waals surface area contributed by atoms with Gasteiger partial charge >= 0.3 is 5.97 Å². The van der Waals surface area contributed by atoms with Gasteiger partial charge in [0.2, 0.25) is 0 Å². The molecule has 30 heavy (non-hydrogen) atoms. The fourth-order valence-corrected chi connectivity index (χ4v) is 4.81. The summed E-state index contributed by atoms with van der Waals surface area (Å²) in [7, 11) is -1.49. The number of nitrogens with one attached hydrogen (secondary N) is 1. The predicted molar refractivity (Wildman–Crippen MR) is 120 cm³/mol. The fraction of sp³-hybridized carbons (Fsp3) is 0.435. The number of hydrogen-bond acceptors (Lipinski definition) is 4. The third-order valence-corrected chi connectivity index (χ3v) is 6.64. The van der Waals surface area contributed by atoms with Gasteiger partial charge in [0, 0.05) is 19.6 Å². The molecule has 1 aliphatic heterocycles. The van der Waals surface area contributed by atoms with Gasteiger partial charge in [-0.2, -0.15) is 0 Å². The van der Waals surface area contributed by atoms with E-state index in [1.54, 1.807) is 6.07 Å². The van der Waals surface area contributed by atoms with Crippen LogP contribution in [0.4, 0.5) is 5.69 Å². The van der Waals surface area contributed by atoms with Crippen molar-refractivity contribution in [1.29, 1.82) is 0 Å². The lowest BCUT2D eigenvalue weighted by Crippen LogP contribution is -2.23. The maximum atomic E-state index is 13.4. The van der Waals surface area contributed by atoms with E-state index in [0.717, 1.165) is 50.8 Å². The number of rotatable bonds is 10. The molecule has 1 unspecified atom stereocenters. The zero-order valence-corrected chi connectivity index (χ0v) is 18.5. The molecule has 0 aliphatic carbocycles. The molecule has 1 atom stereocenters. The predicted octanol–water partition coefficient (Wildman–Crippen LogP) is 5.21. The molecule has 7 heteroatoms. The molecule has 0 amide bonds. The summed E-state index contributed by atoms with van der Waals surface area (Å²) in [6.07, 6.45) is 5.10. The van der Waals surface area contributed by atoms with Crippen LogP contribution in [-0.2, 0) is 11.0 Å². The third kappa shape index (κ3) is 5.61. The maximum absolute atomic E-state index is 13.4. The topological polar surface area (TPSA) is 78.9 Å². The normalized spacial score (nSPS) is 15.1. The van der Waals surface area contributed by atoms with E-state index in [1.165, 1.54) is 6.07 Å². The first-order valence-corrected chi connectivity index (χ1v) is 11.7. The Kier molecular flexibility index (Phi) is 7.87. The Labute approximate surface area is 180 Å². The van der Waals surface area contributed by atoms with E-state index in [-0.39, 0.29) is 5.56 Å². The fourth-order valence-electron chi connectivity index (χ4n) is 3.41. The lowest BCUT2D eigenvalue weighted by atomic mass is 10.1. The number of ether oxygens (including phenoxy) is 1. The molecule has 1 heterocycles. The van der Waals surface area contributed by atoms with Crippen LogP contribution in [0.3, 0.4) is 0 Å². The highest BCUT2D eigenvalue weighted by Gasteiger charge is 2.26. The number of carboxylic acid groups (broad SMARTS) is 1. The number of aromatic carboxylic acids is 1. The Hall–Kier alpha value is -2.38. The smallest absolute Gasteiger partial charge is 0.335 e. The van der Waals surface area contributed by atoms with Crippen molar-refractivity contribution in [3.63, 3.8) is 0 Å². The quantitative estimate of drug-likeness (QED) is 0.506. The van der Waals surface area contributed by atoms with Crippen LogP contribution >= 0.6 is 0 Å². The van der Waals surface area contributed by atoms with Crippen LogP contribution in [0, 0.1) is 6.92 Å². The third-order valence-electron chi connectivity index (χ3n) is 5.13. The van der Waals surface area contributed by atoms with Gasteiger partial charge in [-0.1, -0.05) is 37.5 Å². The molecule has 1 fully saturated rings. The minimum atomic E-state index is -1.49. The lowest BCUT2D eigenvalue weighted by molar-refractivity contribution is 0.0696. The standard InChI is InChI=1S/C23H30N2O4S/c1-3-4-5-12-24-20-15-18(23(26)27)16-21(30(28)25-13-6-7-14-25)22(20)29-19-10-8-17(2)9-11-19/h8-11,15-16,24H,3-7,12-14H2,1-2H3,(H,26,27). The Morgan fingerprint density at radius 2 is 1.87 bits per heavy atom. The van der Waals surface area contributed by atoms with E-state index in [0.29, 0.717) is 28.6 Å². The second-order valence-electron chi connectivity index (χ2n) is 7.59. The molecule has 6 nitrogen and oxygen atoms in total. The van der Waals surface area contributed by atoms with Gasteiger partial charge in [-0.15, -0.1) is 0 Å². The molecule has 2 aromatic rings. The number of hydrogen-bond donors (Lipinski definition) is 2. The van der Waals surface area contributed by atoms with Gasteiger partial charge in [0.05, 0.1) is 11.3 Å². The first kappa shape index (κ1) is 22.3. The Bertz CT molecular complexity index is 893. The number of aryl methyl sites for hydroxylation is 1. The number of carboxylic acids is 1. The van der Waals surface area contributed by atoms with Gasteiger partial charge in [-0.25, -0.2) is 13.3 Å². The molecule has 0 radical (unpaired) electrons. The van der Waals surface area contributed by atoms with Crippen LogP contribution in [0.5, 0.6) is 11.5 Å². The van der Waals surface area contributed by atoms with Crippen molar-refractivity contribution in [2.24, 2.45) is 0 Å². The Balaban J connectivity index is 2.03. The van der Waals surface area contributed by atoms with Crippen LogP contribution < -0.4 is 10.1 Å². The maximum Gasteiger partial charge on any atom is 0.335 e. The summed E-state index contributed by atoms with van der Waals surface area (Å²) >= 11 is 0. The lowest BCUT2D eigenvalue weighted by Gasteiger charge is -2.21. The van der Waals surface area contributed by atoms with Crippen LogP contribution in [0.15, 0.2) is 41.3 Å². The molecule has 3 rings (SSSR count). The van der Waals surface area contributed by atoms with Crippen molar-refractivity contribution in [3.8, 4) is 11.5 Å². The number of benzene rings is 2. The Morgan fingerprint density at radius 1 is 1.17 bits per heavy atom. The van der Waals surface area contributed by atoms with Gasteiger partial charge in [-0.05, 0) is 50.5 Å². The van der Waals surface area contributed by atoms with Gasteiger partial charge in [0.15, 0.2) is 5.75 Å². The van der Waals surface area contributed by atoms with Crippen LogP contribution in [0.25, 0.3) is 0 Å². The summed E-state index contributed by atoms with van der Waals surface area (Å²) in [5, 5.41) is 12.9. The van der Waals surface area contributed by atoms with E-state index in [9.17, 15) is 14.1 Å². The minimum absolute atomic E-state index is 0.104. The molecule has 2 N–H and O–H groups in total. The summed E-state index contributed by atoms with van der Waals surface area (Å²) < 4.78 is 21.4. The Morgan fingerprint density at radius 3 is 2.50 bits per heavy atom. The van der Waals surface area contributed by atoms with Crippen molar-refractivity contribution < 1.29 is 18.8 Å². The van der Waals surface area contributed by atoms with Gasteiger partial charge < -0.3 is 15.2 Å². The monoisotopic (exact) mass is 430 g/mol. The molecular weight excluding hydrogens is 400 g/mol. The number of carbonyl (C=O) groups is 1.